The molecule has 0 unspecified atom stereocenters. The summed E-state index contributed by atoms with van der Waals surface area (Å²) < 4.78 is 5.33. The maximum Gasteiger partial charge on any atom is 0.414 e. The van der Waals surface area contributed by atoms with Crippen LogP contribution in [0.5, 0.6) is 0 Å². The molecule has 1 atom stereocenters. The lowest BCUT2D eigenvalue weighted by Crippen LogP contribution is -2.40. The summed E-state index contributed by atoms with van der Waals surface area (Å²) in [6, 6.07) is 14.5. The molecule has 1 saturated heterocycles. The third-order valence-electron chi connectivity index (χ3n) is 4.93. The highest BCUT2D eigenvalue weighted by Crippen LogP contribution is 2.32. The van der Waals surface area contributed by atoms with E-state index in [1.807, 2.05) is 23.1 Å². The van der Waals surface area contributed by atoms with Gasteiger partial charge in [-0.1, -0.05) is 35.9 Å². The van der Waals surface area contributed by atoms with E-state index in [9.17, 15) is 4.79 Å². The standard InChI is InChI=1S/C20H21ClN2O2/c1-14-5-6-16-12-22(11-15-3-2-4-17(21)10-15)8-7-18-13-25-20(24)23(18)19(16)9-14/h2-6,9-10,18H,7-8,11-13H2,1H3/t18-/m0/s1. The Morgan fingerprint density at radius 3 is 2.96 bits per heavy atom. The number of aryl methyl sites for hydroxylation is 1. The van der Waals surface area contributed by atoms with Gasteiger partial charge in [-0.3, -0.25) is 9.80 Å². The van der Waals surface area contributed by atoms with Crippen LogP contribution in [0.1, 0.15) is 23.1 Å². The fourth-order valence-corrected chi connectivity index (χ4v) is 3.89. The Kier molecular flexibility index (Phi) is 4.40. The molecule has 0 saturated carbocycles. The van der Waals surface area contributed by atoms with Crippen LogP contribution in [0.25, 0.3) is 0 Å². The predicted octanol–water partition coefficient (Wildman–Crippen LogP) is 4.38. The molecule has 2 aliphatic rings. The molecule has 2 aromatic carbocycles. The zero-order valence-corrected chi connectivity index (χ0v) is 15.0. The number of anilines is 1. The van der Waals surface area contributed by atoms with Gasteiger partial charge >= 0.3 is 6.09 Å². The van der Waals surface area contributed by atoms with Gasteiger partial charge in [-0.15, -0.1) is 0 Å². The normalized spacial score (nSPS) is 20.5. The van der Waals surface area contributed by atoms with Crippen LogP contribution in [-0.2, 0) is 17.8 Å². The third-order valence-corrected chi connectivity index (χ3v) is 5.16. The highest BCUT2D eigenvalue weighted by molar-refractivity contribution is 6.30. The molecule has 2 aliphatic heterocycles. The van der Waals surface area contributed by atoms with Crippen LogP contribution in [0.4, 0.5) is 10.5 Å². The molecule has 2 heterocycles. The number of benzene rings is 2. The van der Waals surface area contributed by atoms with Crippen LogP contribution in [0, 0.1) is 6.92 Å². The van der Waals surface area contributed by atoms with Crippen molar-refractivity contribution in [3.8, 4) is 0 Å². The van der Waals surface area contributed by atoms with Gasteiger partial charge in [-0.05, 0) is 48.2 Å². The summed E-state index contributed by atoms with van der Waals surface area (Å²) in [6.07, 6.45) is 0.680. The van der Waals surface area contributed by atoms with Gasteiger partial charge in [0.1, 0.15) is 6.61 Å². The SMILES string of the molecule is Cc1ccc2c(c1)N1C(=O)OC[C@@H]1CCN(Cc1cccc(Cl)c1)C2. The van der Waals surface area contributed by atoms with Crippen molar-refractivity contribution in [1.29, 1.82) is 0 Å². The maximum absolute atomic E-state index is 12.2. The van der Waals surface area contributed by atoms with Crippen LogP contribution in [0.2, 0.25) is 5.02 Å². The van der Waals surface area contributed by atoms with E-state index in [-0.39, 0.29) is 12.1 Å². The van der Waals surface area contributed by atoms with Gasteiger partial charge in [-0.25, -0.2) is 4.79 Å². The van der Waals surface area contributed by atoms with E-state index in [2.05, 4.69) is 36.1 Å². The molecule has 2 aromatic rings. The van der Waals surface area contributed by atoms with Gasteiger partial charge in [0.2, 0.25) is 0 Å². The van der Waals surface area contributed by atoms with Gasteiger partial charge in [0.25, 0.3) is 0 Å². The summed E-state index contributed by atoms with van der Waals surface area (Å²) in [6.45, 7) is 5.09. The number of nitrogens with zero attached hydrogens (tertiary/aromatic N) is 2. The average Bonchev–Trinajstić information content (AvgIpc) is 2.93. The van der Waals surface area contributed by atoms with Crippen molar-refractivity contribution in [3.05, 3.63) is 64.2 Å². The Bertz CT molecular complexity index is 808. The van der Waals surface area contributed by atoms with E-state index in [0.717, 1.165) is 47.9 Å². The fourth-order valence-electron chi connectivity index (χ4n) is 3.68. The maximum atomic E-state index is 12.2. The number of ether oxygens (including phenoxy) is 1. The molecule has 0 aromatic heterocycles. The molecule has 1 amide bonds. The van der Waals surface area contributed by atoms with Gasteiger partial charge in [0.05, 0.1) is 11.7 Å². The largest absolute Gasteiger partial charge is 0.447 e. The minimum absolute atomic E-state index is 0.107. The van der Waals surface area contributed by atoms with Crippen molar-refractivity contribution in [2.75, 3.05) is 18.1 Å². The molecular weight excluding hydrogens is 336 g/mol. The van der Waals surface area contributed by atoms with Crippen LogP contribution in [0.3, 0.4) is 0 Å². The highest BCUT2D eigenvalue weighted by Gasteiger charge is 2.37. The quantitative estimate of drug-likeness (QED) is 0.800. The molecule has 5 heteroatoms. The number of halogens is 1. The van der Waals surface area contributed by atoms with E-state index in [1.165, 1.54) is 5.56 Å². The summed E-state index contributed by atoms with van der Waals surface area (Å²) >= 11 is 6.13. The number of amides is 1. The molecule has 25 heavy (non-hydrogen) atoms. The lowest BCUT2D eigenvalue weighted by atomic mass is 10.0. The molecule has 0 bridgehead atoms. The van der Waals surface area contributed by atoms with Crippen LogP contribution < -0.4 is 4.90 Å². The van der Waals surface area contributed by atoms with Crippen molar-refractivity contribution in [1.82, 2.24) is 4.90 Å². The minimum Gasteiger partial charge on any atom is -0.447 e. The predicted molar refractivity (Wildman–Crippen MR) is 99.0 cm³/mol. The second kappa shape index (κ2) is 6.70. The molecule has 130 valence electrons. The van der Waals surface area contributed by atoms with Gasteiger partial charge in [0, 0.05) is 24.7 Å². The summed E-state index contributed by atoms with van der Waals surface area (Å²) in [5.74, 6) is 0. The molecular formula is C20H21ClN2O2. The van der Waals surface area contributed by atoms with Gasteiger partial charge < -0.3 is 4.74 Å². The molecule has 1 fully saturated rings. The molecule has 0 radical (unpaired) electrons. The first kappa shape index (κ1) is 16.4. The van der Waals surface area contributed by atoms with E-state index in [0.29, 0.717) is 6.61 Å². The van der Waals surface area contributed by atoms with Crippen LogP contribution >= 0.6 is 11.6 Å². The molecule has 4 nitrogen and oxygen atoms in total. The highest BCUT2D eigenvalue weighted by atomic mass is 35.5. The number of carbonyl (C=O) groups excluding carboxylic acids is 1. The number of hydrogen-bond acceptors (Lipinski definition) is 3. The lowest BCUT2D eigenvalue weighted by molar-refractivity contribution is 0.177. The van der Waals surface area contributed by atoms with Crippen molar-refractivity contribution >= 4 is 23.4 Å². The second-order valence-corrected chi connectivity index (χ2v) is 7.30. The van der Waals surface area contributed by atoms with Crippen molar-refractivity contribution < 1.29 is 9.53 Å². The lowest BCUT2D eigenvalue weighted by Gasteiger charge is -2.32. The molecule has 0 spiro atoms. The van der Waals surface area contributed by atoms with E-state index >= 15 is 0 Å². The summed E-state index contributed by atoms with van der Waals surface area (Å²) in [5.41, 5.74) is 4.51. The van der Waals surface area contributed by atoms with Crippen LogP contribution in [0.15, 0.2) is 42.5 Å². The monoisotopic (exact) mass is 356 g/mol. The second-order valence-electron chi connectivity index (χ2n) is 6.86. The van der Waals surface area contributed by atoms with Crippen molar-refractivity contribution in [2.45, 2.75) is 32.5 Å². The Labute approximate surface area is 152 Å². The summed E-state index contributed by atoms with van der Waals surface area (Å²) in [5, 5.41) is 0.765. The average molecular weight is 357 g/mol. The zero-order valence-electron chi connectivity index (χ0n) is 14.2. The zero-order chi connectivity index (χ0) is 17.4. The number of cyclic esters (lactones) is 1. The van der Waals surface area contributed by atoms with Gasteiger partial charge in [-0.2, -0.15) is 0 Å². The molecule has 0 N–H and O–H groups in total. The molecule has 0 aliphatic carbocycles. The first-order valence-electron chi connectivity index (χ1n) is 8.62. The number of hydrogen-bond donors (Lipinski definition) is 0. The first-order chi connectivity index (χ1) is 12.1. The number of rotatable bonds is 2. The van der Waals surface area contributed by atoms with Crippen molar-refractivity contribution in [2.24, 2.45) is 0 Å². The Morgan fingerprint density at radius 1 is 1.24 bits per heavy atom. The van der Waals surface area contributed by atoms with Crippen LogP contribution in [-0.4, -0.2) is 30.2 Å². The summed E-state index contributed by atoms with van der Waals surface area (Å²) in [4.78, 5) is 16.5. The van der Waals surface area contributed by atoms with E-state index in [1.54, 1.807) is 0 Å². The van der Waals surface area contributed by atoms with E-state index in [4.69, 9.17) is 16.3 Å². The minimum atomic E-state index is -0.222. The van der Waals surface area contributed by atoms with E-state index < -0.39 is 0 Å². The third kappa shape index (κ3) is 3.37. The topological polar surface area (TPSA) is 32.8 Å². The smallest absolute Gasteiger partial charge is 0.414 e. The first-order valence-corrected chi connectivity index (χ1v) is 9.00. The Hall–Kier alpha value is -2.04. The number of carbonyl (C=O) groups is 1. The van der Waals surface area contributed by atoms with Gasteiger partial charge in [0.15, 0.2) is 0 Å². The summed E-state index contributed by atoms with van der Waals surface area (Å²) in [7, 11) is 0. The number of fused-ring (bicyclic) bond motifs is 3. The van der Waals surface area contributed by atoms with Crippen molar-refractivity contribution in [3.63, 3.8) is 0 Å². The fraction of sp³-hybridized carbons (Fsp3) is 0.350. The Balaban J connectivity index is 1.65. The Morgan fingerprint density at radius 2 is 2.12 bits per heavy atom. The molecule has 4 rings (SSSR count).